The molecule has 0 aliphatic carbocycles. The Morgan fingerprint density at radius 3 is 2.82 bits per heavy atom. The molecule has 1 N–H and O–H groups in total. The number of hydrogen-bond donors (Lipinski definition) is 1. The fraction of sp³-hybridized carbons (Fsp3) is 0.538. The number of nitrogens with zero attached hydrogens (tertiary/aromatic N) is 1. The van der Waals surface area contributed by atoms with Crippen LogP contribution in [0, 0.1) is 0 Å². The third kappa shape index (κ3) is 2.70. The Morgan fingerprint density at radius 2 is 2.06 bits per heavy atom. The molecule has 1 aromatic rings. The Morgan fingerprint density at radius 1 is 1.29 bits per heavy atom. The summed E-state index contributed by atoms with van der Waals surface area (Å²) >= 11 is 0. The summed E-state index contributed by atoms with van der Waals surface area (Å²) < 4.78 is 11.0. The summed E-state index contributed by atoms with van der Waals surface area (Å²) in [5, 5.41) is 3.36. The van der Waals surface area contributed by atoms with Crippen molar-refractivity contribution >= 4 is 5.69 Å². The van der Waals surface area contributed by atoms with Gasteiger partial charge in [-0.1, -0.05) is 12.1 Å². The number of rotatable bonds is 4. The molecule has 0 unspecified atom stereocenters. The lowest BCUT2D eigenvalue weighted by molar-refractivity contribution is 0.263. The highest BCUT2D eigenvalue weighted by molar-refractivity contribution is 5.58. The van der Waals surface area contributed by atoms with Crippen LogP contribution in [-0.4, -0.2) is 45.5 Å². The second-order valence-corrected chi connectivity index (χ2v) is 4.47. The molecule has 0 amide bonds. The molecule has 92 valence electrons. The first-order chi connectivity index (χ1) is 8.43. The summed E-state index contributed by atoms with van der Waals surface area (Å²) in [6.45, 7) is 5.68. The minimum absolute atomic E-state index is 0.311. The van der Waals surface area contributed by atoms with Gasteiger partial charge in [-0.15, -0.1) is 0 Å². The highest BCUT2D eigenvalue weighted by Gasteiger charge is 2.24. The first kappa shape index (κ1) is 10.9. The van der Waals surface area contributed by atoms with Gasteiger partial charge in [-0.2, -0.15) is 0 Å². The lowest BCUT2D eigenvalue weighted by Crippen LogP contribution is -2.43. The van der Waals surface area contributed by atoms with Crippen LogP contribution >= 0.6 is 0 Å². The second kappa shape index (κ2) is 4.94. The van der Waals surface area contributed by atoms with Crippen LogP contribution in [0.3, 0.4) is 0 Å². The van der Waals surface area contributed by atoms with Gasteiger partial charge in [0.2, 0.25) is 0 Å². The Hall–Kier alpha value is -1.26. The average Bonchev–Trinajstić information content (AvgIpc) is 3.22. The molecule has 2 saturated heterocycles. The van der Waals surface area contributed by atoms with E-state index in [9.17, 15) is 0 Å². The molecular formula is C13H18N2O2. The third-order valence-electron chi connectivity index (χ3n) is 3.15. The monoisotopic (exact) mass is 234 g/mol. The van der Waals surface area contributed by atoms with Gasteiger partial charge in [0.25, 0.3) is 0 Å². The number of para-hydroxylation sites is 2. The predicted octanol–water partition coefficient (Wildman–Crippen LogP) is 0.874. The van der Waals surface area contributed by atoms with Crippen molar-refractivity contribution in [3.63, 3.8) is 0 Å². The van der Waals surface area contributed by atoms with Gasteiger partial charge in [0, 0.05) is 26.2 Å². The Kier molecular flexibility index (Phi) is 3.16. The molecule has 17 heavy (non-hydrogen) atoms. The zero-order valence-corrected chi connectivity index (χ0v) is 9.89. The van der Waals surface area contributed by atoms with Crippen molar-refractivity contribution in [1.29, 1.82) is 0 Å². The molecule has 1 aromatic carbocycles. The molecule has 0 saturated carbocycles. The maximum Gasteiger partial charge on any atom is 0.142 e. The van der Waals surface area contributed by atoms with Crippen molar-refractivity contribution in [2.75, 3.05) is 44.3 Å². The summed E-state index contributed by atoms with van der Waals surface area (Å²) in [6.07, 6.45) is 0.311. The molecule has 1 atom stereocenters. The Bertz CT molecular complexity index is 373. The van der Waals surface area contributed by atoms with Gasteiger partial charge >= 0.3 is 0 Å². The SMILES string of the molecule is c1ccc(N2CCNCC2)c(OC[C@@H]2CO2)c1. The standard InChI is InChI=1S/C13H18N2O2/c1-2-4-13(17-10-11-9-16-11)12(3-1)15-7-5-14-6-8-15/h1-4,11,14H,5-10H2/t11-/m0/s1. The van der Waals surface area contributed by atoms with Crippen LogP contribution in [-0.2, 0) is 4.74 Å². The maximum atomic E-state index is 5.83. The normalized spacial score (nSPS) is 23.5. The molecule has 0 spiro atoms. The largest absolute Gasteiger partial charge is 0.489 e. The molecule has 4 heteroatoms. The van der Waals surface area contributed by atoms with E-state index in [4.69, 9.17) is 9.47 Å². The number of piperazine rings is 1. The molecule has 0 bridgehead atoms. The molecule has 2 aliphatic heterocycles. The molecule has 0 aromatic heterocycles. The van der Waals surface area contributed by atoms with E-state index in [0.29, 0.717) is 12.7 Å². The first-order valence-electron chi connectivity index (χ1n) is 6.22. The van der Waals surface area contributed by atoms with E-state index in [-0.39, 0.29) is 0 Å². The summed E-state index contributed by atoms with van der Waals surface area (Å²) in [7, 11) is 0. The van der Waals surface area contributed by atoms with E-state index in [1.165, 1.54) is 5.69 Å². The summed E-state index contributed by atoms with van der Waals surface area (Å²) in [6, 6.07) is 8.26. The average molecular weight is 234 g/mol. The summed E-state index contributed by atoms with van der Waals surface area (Å²) in [5.41, 5.74) is 1.20. The second-order valence-electron chi connectivity index (χ2n) is 4.47. The highest BCUT2D eigenvalue weighted by Crippen LogP contribution is 2.28. The Balaban J connectivity index is 1.71. The number of nitrogens with one attached hydrogen (secondary N) is 1. The van der Waals surface area contributed by atoms with Gasteiger partial charge < -0.3 is 19.7 Å². The molecular weight excluding hydrogens is 216 g/mol. The minimum Gasteiger partial charge on any atom is -0.489 e. The van der Waals surface area contributed by atoms with Crippen LogP contribution in [0.15, 0.2) is 24.3 Å². The smallest absolute Gasteiger partial charge is 0.142 e. The number of epoxide rings is 1. The van der Waals surface area contributed by atoms with E-state index >= 15 is 0 Å². The quantitative estimate of drug-likeness (QED) is 0.785. The topological polar surface area (TPSA) is 37.0 Å². The third-order valence-corrected chi connectivity index (χ3v) is 3.15. The molecule has 2 aliphatic rings. The lowest BCUT2D eigenvalue weighted by atomic mass is 10.2. The van der Waals surface area contributed by atoms with Crippen molar-refractivity contribution in [3.8, 4) is 5.75 Å². The molecule has 2 heterocycles. The molecule has 0 radical (unpaired) electrons. The molecule has 3 rings (SSSR count). The zero-order valence-electron chi connectivity index (χ0n) is 9.89. The minimum atomic E-state index is 0.311. The number of anilines is 1. The van der Waals surface area contributed by atoms with Crippen LogP contribution in [0.1, 0.15) is 0 Å². The first-order valence-corrected chi connectivity index (χ1v) is 6.22. The summed E-state index contributed by atoms with van der Waals surface area (Å²) in [4.78, 5) is 2.37. The number of hydrogen-bond acceptors (Lipinski definition) is 4. The predicted molar refractivity (Wildman–Crippen MR) is 66.8 cm³/mol. The van der Waals surface area contributed by atoms with E-state index in [1.807, 2.05) is 12.1 Å². The van der Waals surface area contributed by atoms with Gasteiger partial charge in [-0.05, 0) is 12.1 Å². The molecule has 2 fully saturated rings. The van der Waals surface area contributed by atoms with Crippen molar-refractivity contribution in [2.24, 2.45) is 0 Å². The van der Waals surface area contributed by atoms with Crippen molar-refractivity contribution in [2.45, 2.75) is 6.10 Å². The maximum absolute atomic E-state index is 5.83. The fourth-order valence-electron chi connectivity index (χ4n) is 2.09. The summed E-state index contributed by atoms with van der Waals surface area (Å²) in [5.74, 6) is 0.977. The van der Waals surface area contributed by atoms with Crippen molar-refractivity contribution in [1.82, 2.24) is 5.32 Å². The van der Waals surface area contributed by atoms with Crippen LogP contribution in [0.4, 0.5) is 5.69 Å². The zero-order chi connectivity index (χ0) is 11.5. The van der Waals surface area contributed by atoms with Crippen molar-refractivity contribution in [3.05, 3.63) is 24.3 Å². The lowest BCUT2D eigenvalue weighted by Gasteiger charge is -2.30. The fourth-order valence-corrected chi connectivity index (χ4v) is 2.09. The van der Waals surface area contributed by atoms with Gasteiger partial charge in [0.05, 0.1) is 12.3 Å². The van der Waals surface area contributed by atoms with Crippen LogP contribution < -0.4 is 15.0 Å². The van der Waals surface area contributed by atoms with E-state index in [0.717, 1.165) is 38.5 Å². The van der Waals surface area contributed by atoms with Gasteiger partial charge in [0.1, 0.15) is 18.5 Å². The van der Waals surface area contributed by atoms with E-state index in [2.05, 4.69) is 22.3 Å². The van der Waals surface area contributed by atoms with Crippen molar-refractivity contribution < 1.29 is 9.47 Å². The van der Waals surface area contributed by atoms with Crippen LogP contribution in [0.2, 0.25) is 0 Å². The van der Waals surface area contributed by atoms with E-state index < -0.39 is 0 Å². The number of ether oxygens (including phenoxy) is 2. The van der Waals surface area contributed by atoms with Crippen LogP contribution in [0.25, 0.3) is 0 Å². The Labute approximate surface area is 102 Å². The van der Waals surface area contributed by atoms with E-state index in [1.54, 1.807) is 0 Å². The van der Waals surface area contributed by atoms with Crippen LogP contribution in [0.5, 0.6) is 5.75 Å². The van der Waals surface area contributed by atoms with Gasteiger partial charge in [-0.3, -0.25) is 0 Å². The number of benzene rings is 1. The van der Waals surface area contributed by atoms with Gasteiger partial charge in [0.15, 0.2) is 0 Å². The van der Waals surface area contributed by atoms with Gasteiger partial charge in [-0.25, -0.2) is 0 Å². The highest BCUT2D eigenvalue weighted by atomic mass is 16.6. The molecule has 4 nitrogen and oxygen atoms in total.